The number of alkyl halides is 1. The van der Waals surface area contributed by atoms with Gasteiger partial charge in [-0.15, -0.1) is 11.6 Å². The summed E-state index contributed by atoms with van der Waals surface area (Å²) in [5, 5.41) is 0. The Labute approximate surface area is 139 Å². The lowest BCUT2D eigenvalue weighted by Crippen LogP contribution is -2.21. The third-order valence-electron chi connectivity index (χ3n) is 4.36. The molecule has 21 heavy (non-hydrogen) atoms. The van der Waals surface area contributed by atoms with Gasteiger partial charge in [-0.2, -0.15) is 0 Å². The van der Waals surface area contributed by atoms with Gasteiger partial charge in [-0.05, 0) is 20.5 Å². The molecule has 0 saturated carbocycles. The number of hydrogen-bond acceptors (Lipinski definition) is 1. The topological polar surface area (TPSA) is 3.24 Å². The van der Waals surface area contributed by atoms with Crippen LogP contribution in [0, 0.1) is 0 Å². The SMILES string of the molecule is CCCCCCCCCCCCCCCCC(Cl)N(C)C. The molecule has 0 aliphatic rings. The average molecular weight is 318 g/mol. The first kappa shape index (κ1) is 21.2. The number of halogens is 1. The van der Waals surface area contributed by atoms with Crippen LogP contribution in [0.4, 0.5) is 0 Å². The van der Waals surface area contributed by atoms with Crippen LogP contribution in [-0.2, 0) is 0 Å². The summed E-state index contributed by atoms with van der Waals surface area (Å²) in [5.41, 5.74) is 0.224. The van der Waals surface area contributed by atoms with Crippen LogP contribution in [0.15, 0.2) is 0 Å². The van der Waals surface area contributed by atoms with Gasteiger partial charge in [-0.3, -0.25) is 4.90 Å². The molecule has 0 aromatic carbocycles. The predicted molar refractivity (Wildman–Crippen MR) is 98.3 cm³/mol. The van der Waals surface area contributed by atoms with E-state index in [1.54, 1.807) is 0 Å². The van der Waals surface area contributed by atoms with E-state index in [2.05, 4.69) is 25.9 Å². The molecule has 0 heterocycles. The van der Waals surface area contributed by atoms with Crippen molar-refractivity contribution < 1.29 is 0 Å². The van der Waals surface area contributed by atoms with Gasteiger partial charge in [0, 0.05) is 0 Å². The summed E-state index contributed by atoms with van der Waals surface area (Å²) in [6.07, 6.45) is 21.0. The molecule has 0 saturated heterocycles. The summed E-state index contributed by atoms with van der Waals surface area (Å²) in [4.78, 5) is 2.10. The van der Waals surface area contributed by atoms with Crippen molar-refractivity contribution in [3.8, 4) is 0 Å². The maximum atomic E-state index is 6.19. The molecule has 0 bridgehead atoms. The van der Waals surface area contributed by atoms with Gasteiger partial charge in [0.2, 0.25) is 0 Å². The van der Waals surface area contributed by atoms with Crippen molar-refractivity contribution in [3.63, 3.8) is 0 Å². The van der Waals surface area contributed by atoms with Crippen molar-refractivity contribution in [1.29, 1.82) is 0 Å². The molecule has 0 aliphatic carbocycles. The molecule has 0 aromatic rings. The van der Waals surface area contributed by atoms with Gasteiger partial charge in [-0.25, -0.2) is 0 Å². The monoisotopic (exact) mass is 317 g/mol. The van der Waals surface area contributed by atoms with Gasteiger partial charge < -0.3 is 0 Å². The molecule has 2 heteroatoms. The molecule has 0 amide bonds. The molecule has 0 fully saturated rings. The van der Waals surface area contributed by atoms with Gasteiger partial charge >= 0.3 is 0 Å². The highest BCUT2D eigenvalue weighted by molar-refractivity contribution is 6.20. The van der Waals surface area contributed by atoms with Crippen LogP contribution in [0.5, 0.6) is 0 Å². The van der Waals surface area contributed by atoms with E-state index in [9.17, 15) is 0 Å². The quantitative estimate of drug-likeness (QED) is 0.168. The molecule has 1 atom stereocenters. The highest BCUT2D eigenvalue weighted by Gasteiger charge is 2.05. The van der Waals surface area contributed by atoms with Gasteiger partial charge in [0.25, 0.3) is 0 Å². The van der Waals surface area contributed by atoms with Gasteiger partial charge in [-0.1, -0.05) is 96.8 Å². The first-order chi connectivity index (χ1) is 10.2. The number of unbranched alkanes of at least 4 members (excludes halogenated alkanes) is 13. The number of hydrogen-bond donors (Lipinski definition) is 0. The third-order valence-corrected chi connectivity index (χ3v) is 4.96. The second-order valence-electron chi connectivity index (χ2n) is 6.78. The zero-order chi connectivity index (χ0) is 15.8. The van der Waals surface area contributed by atoms with E-state index in [0.717, 1.165) is 6.42 Å². The van der Waals surface area contributed by atoms with Crippen LogP contribution in [0.3, 0.4) is 0 Å². The summed E-state index contributed by atoms with van der Waals surface area (Å²) >= 11 is 6.19. The minimum Gasteiger partial charge on any atom is -0.294 e. The Bertz CT molecular complexity index is 194. The molecule has 0 radical (unpaired) electrons. The van der Waals surface area contributed by atoms with Crippen molar-refractivity contribution in [2.45, 2.75) is 109 Å². The third kappa shape index (κ3) is 16.4. The Balaban J connectivity index is 3.03. The summed E-state index contributed by atoms with van der Waals surface area (Å²) in [6, 6.07) is 0. The molecule has 0 spiro atoms. The Morgan fingerprint density at radius 1 is 0.619 bits per heavy atom. The van der Waals surface area contributed by atoms with Crippen molar-refractivity contribution in [2.24, 2.45) is 0 Å². The van der Waals surface area contributed by atoms with Crippen LogP contribution >= 0.6 is 11.6 Å². The van der Waals surface area contributed by atoms with Crippen LogP contribution in [0.25, 0.3) is 0 Å². The molecule has 0 aromatic heterocycles. The summed E-state index contributed by atoms with van der Waals surface area (Å²) in [6.45, 7) is 2.29. The highest BCUT2D eigenvalue weighted by Crippen LogP contribution is 2.15. The largest absolute Gasteiger partial charge is 0.294 e. The van der Waals surface area contributed by atoms with Crippen molar-refractivity contribution in [3.05, 3.63) is 0 Å². The van der Waals surface area contributed by atoms with E-state index < -0.39 is 0 Å². The highest BCUT2D eigenvalue weighted by atomic mass is 35.5. The van der Waals surface area contributed by atoms with Gasteiger partial charge in [0.05, 0.1) is 5.50 Å². The fourth-order valence-corrected chi connectivity index (χ4v) is 2.92. The molecule has 0 rings (SSSR count). The second kappa shape index (κ2) is 16.6. The molecule has 0 N–H and O–H groups in total. The van der Waals surface area contributed by atoms with E-state index in [4.69, 9.17) is 11.6 Å². The van der Waals surface area contributed by atoms with Crippen LogP contribution in [0.1, 0.15) is 103 Å². The average Bonchev–Trinajstić information content (AvgIpc) is 2.47. The van der Waals surface area contributed by atoms with Crippen molar-refractivity contribution in [1.82, 2.24) is 4.90 Å². The maximum absolute atomic E-state index is 6.19. The van der Waals surface area contributed by atoms with Crippen LogP contribution < -0.4 is 0 Å². The first-order valence-electron chi connectivity index (χ1n) is 9.49. The maximum Gasteiger partial charge on any atom is 0.0845 e. The fourth-order valence-electron chi connectivity index (χ4n) is 2.77. The summed E-state index contributed by atoms with van der Waals surface area (Å²) in [5.74, 6) is 0. The van der Waals surface area contributed by atoms with E-state index in [1.165, 1.54) is 89.9 Å². The normalized spacial score (nSPS) is 13.0. The Kier molecular flexibility index (Phi) is 16.8. The van der Waals surface area contributed by atoms with Crippen LogP contribution in [0.2, 0.25) is 0 Å². The smallest absolute Gasteiger partial charge is 0.0845 e. The van der Waals surface area contributed by atoms with E-state index in [-0.39, 0.29) is 5.50 Å². The lowest BCUT2D eigenvalue weighted by atomic mass is 10.0. The number of nitrogens with zero attached hydrogens (tertiary/aromatic N) is 1. The minimum atomic E-state index is 0.224. The Morgan fingerprint density at radius 3 is 1.29 bits per heavy atom. The van der Waals surface area contributed by atoms with Gasteiger partial charge in [0.1, 0.15) is 0 Å². The van der Waals surface area contributed by atoms with E-state index in [0.29, 0.717) is 0 Å². The van der Waals surface area contributed by atoms with Gasteiger partial charge in [0.15, 0.2) is 0 Å². The van der Waals surface area contributed by atoms with E-state index in [1.807, 2.05) is 0 Å². The molecule has 0 aliphatic heterocycles. The van der Waals surface area contributed by atoms with E-state index >= 15 is 0 Å². The zero-order valence-electron chi connectivity index (χ0n) is 15.0. The fraction of sp³-hybridized carbons (Fsp3) is 1.00. The van der Waals surface area contributed by atoms with Crippen molar-refractivity contribution >= 4 is 11.6 Å². The molecule has 128 valence electrons. The minimum absolute atomic E-state index is 0.224. The number of rotatable bonds is 16. The standard InChI is InChI=1S/C19H40ClN/c1-4-5-6-7-8-9-10-11-12-13-14-15-16-17-18-19(20)21(2)3/h19H,4-18H2,1-3H3. The lowest BCUT2D eigenvalue weighted by Gasteiger charge is -2.16. The van der Waals surface area contributed by atoms with Crippen molar-refractivity contribution in [2.75, 3.05) is 14.1 Å². The Hall–Kier alpha value is 0.250. The molecule has 1 nitrogen and oxygen atoms in total. The summed E-state index contributed by atoms with van der Waals surface area (Å²) in [7, 11) is 4.11. The molecule has 1 unspecified atom stereocenters. The zero-order valence-corrected chi connectivity index (χ0v) is 15.8. The molecular weight excluding hydrogens is 278 g/mol. The summed E-state index contributed by atoms with van der Waals surface area (Å²) < 4.78 is 0. The van der Waals surface area contributed by atoms with Crippen LogP contribution in [-0.4, -0.2) is 24.5 Å². The first-order valence-corrected chi connectivity index (χ1v) is 9.92. The Morgan fingerprint density at radius 2 is 0.952 bits per heavy atom. The molecular formula is C19H40ClN. The second-order valence-corrected chi connectivity index (χ2v) is 7.29. The lowest BCUT2D eigenvalue weighted by molar-refractivity contribution is 0.351. The predicted octanol–water partition coefficient (Wildman–Crippen LogP) is 6.98.